The van der Waals surface area contributed by atoms with Crippen LogP contribution in [0.5, 0.6) is 0 Å². The Morgan fingerprint density at radius 1 is 0.964 bits per heavy atom. The van der Waals surface area contributed by atoms with Crippen molar-refractivity contribution < 1.29 is 14.3 Å². The summed E-state index contributed by atoms with van der Waals surface area (Å²) in [5.41, 5.74) is 0.0838. The van der Waals surface area contributed by atoms with Crippen molar-refractivity contribution in [3.63, 3.8) is 0 Å². The molecule has 1 aromatic heterocycles. The topological polar surface area (TPSA) is 110 Å². The van der Waals surface area contributed by atoms with E-state index in [4.69, 9.17) is 4.74 Å². The second-order valence-electron chi connectivity index (χ2n) is 6.12. The SMILES string of the molecule is O=C(COC(=O)Cn1[nH]c(=O)c2ccccc2c1=O)NCCc1ccccc1. The van der Waals surface area contributed by atoms with E-state index >= 15 is 0 Å². The van der Waals surface area contributed by atoms with Gasteiger partial charge in [-0.15, -0.1) is 0 Å². The van der Waals surface area contributed by atoms with Crippen LogP contribution in [0.15, 0.2) is 64.2 Å². The Balaban J connectivity index is 1.51. The number of aromatic nitrogens is 2. The first kappa shape index (κ1) is 19.1. The molecule has 144 valence electrons. The largest absolute Gasteiger partial charge is 0.454 e. The van der Waals surface area contributed by atoms with E-state index in [9.17, 15) is 19.2 Å². The molecule has 0 saturated carbocycles. The number of fused-ring (bicyclic) bond motifs is 1. The summed E-state index contributed by atoms with van der Waals surface area (Å²) in [6.45, 7) is -0.533. The Kier molecular flexibility index (Phi) is 6.01. The van der Waals surface area contributed by atoms with Gasteiger partial charge in [0.1, 0.15) is 6.54 Å². The summed E-state index contributed by atoms with van der Waals surface area (Å²) in [7, 11) is 0. The summed E-state index contributed by atoms with van der Waals surface area (Å²) in [6, 6.07) is 16.0. The van der Waals surface area contributed by atoms with E-state index < -0.39 is 36.1 Å². The predicted octanol–water partition coefficient (Wildman–Crippen LogP) is 0.592. The Morgan fingerprint density at radius 3 is 2.39 bits per heavy atom. The van der Waals surface area contributed by atoms with Crippen LogP contribution in [0.1, 0.15) is 5.56 Å². The van der Waals surface area contributed by atoms with Crippen LogP contribution in [0, 0.1) is 0 Å². The average Bonchev–Trinajstić information content (AvgIpc) is 2.71. The molecule has 0 fully saturated rings. The summed E-state index contributed by atoms with van der Waals surface area (Å²) in [4.78, 5) is 48.0. The number of esters is 1. The number of ether oxygens (including phenoxy) is 1. The van der Waals surface area contributed by atoms with Gasteiger partial charge in [-0.2, -0.15) is 0 Å². The molecule has 2 N–H and O–H groups in total. The second-order valence-corrected chi connectivity index (χ2v) is 6.12. The van der Waals surface area contributed by atoms with Crippen molar-refractivity contribution in [3.05, 3.63) is 80.9 Å². The minimum atomic E-state index is -0.800. The van der Waals surface area contributed by atoms with Gasteiger partial charge in [0, 0.05) is 6.54 Å². The molecule has 0 saturated heterocycles. The zero-order valence-corrected chi connectivity index (χ0v) is 15.0. The lowest BCUT2D eigenvalue weighted by molar-refractivity contribution is -0.149. The number of H-pyrrole nitrogens is 1. The zero-order chi connectivity index (χ0) is 19.9. The minimum absolute atomic E-state index is 0.206. The summed E-state index contributed by atoms with van der Waals surface area (Å²) < 4.78 is 5.76. The lowest BCUT2D eigenvalue weighted by Gasteiger charge is -2.08. The van der Waals surface area contributed by atoms with Crippen molar-refractivity contribution in [2.75, 3.05) is 13.2 Å². The summed E-state index contributed by atoms with van der Waals surface area (Å²) in [6.07, 6.45) is 0.661. The third-order valence-electron chi connectivity index (χ3n) is 4.11. The van der Waals surface area contributed by atoms with E-state index in [-0.39, 0.29) is 10.8 Å². The van der Waals surface area contributed by atoms with Crippen LogP contribution in [0.2, 0.25) is 0 Å². The maximum absolute atomic E-state index is 12.3. The highest BCUT2D eigenvalue weighted by Crippen LogP contribution is 2.02. The lowest BCUT2D eigenvalue weighted by atomic mass is 10.1. The molecular weight excluding hydrogens is 362 g/mol. The molecule has 8 heteroatoms. The fraction of sp³-hybridized carbons (Fsp3) is 0.200. The van der Waals surface area contributed by atoms with Crippen molar-refractivity contribution >= 4 is 22.6 Å². The van der Waals surface area contributed by atoms with Crippen molar-refractivity contribution in [1.29, 1.82) is 0 Å². The third-order valence-corrected chi connectivity index (χ3v) is 4.11. The normalized spacial score (nSPS) is 10.6. The molecule has 3 rings (SSSR count). The average molecular weight is 381 g/mol. The van der Waals surface area contributed by atoms with Crippen LogP contribution in [0.25, 0.3) is 10.8 Å². The van der Waals surface area contributed by atoms with Gasteiger partial charge < -0.3 is 10.1 Å². The number of carbonyl (C=O) groups is 2. The summed E-state index contributed by atoms with van der Waals surface area (Å²) in [5, 5.41) is 5.44. The quantitative estimate of drug-likeness (QED) is 0.582. The van der Waals surface area contributed by atoms with Gasteiger partial charge >= 0.3 is 5.97 Å². The van der Waals surface area contributed by atoms with Crippen LogP contribution in [-0.4, -0.2) is 34.8 Å². The van der Waals surface area contributed by atoms with Crippen LogP contribution in [0.4, 0.5) is 0 Å². The Labute approximate surface area is 159 Å². The smallest absolute Gasteiger partial charge is 0.328 e. The van der Waals surface area contributed by atoms with E-state index in [2.05, 4.69) is 10.4 Å². The first-order valence-corrected chi connectivity index (χ1v) is 8.72. The van der Waals surface area contributed by atoms with Gasteiger partial charge in [0.2, 0.25) is 0 Å². The molecule has 0 atom stereocenters. The molecule has 3 aromatic rings. The zero-order valence-electron chi connectivity index (χ0n) is 15.0. The van der Waals surface area contributed by atoms with Gasteiger partial charge in [-0.1, -0.05) is 42.5 Å². The number of nitrogens with zero attached hydrogens (tertiary/aromatic N) is 1. The fourth-order valence-corrected chi connectivity index (χ4v) is 2.72. The third kappa shape index (κ3) is 4.73. The number of carbonyl (C=O) groups excluding carboxylic acids is 2. The fourth-order valence-electron chi connectivity index (χ4n) is 2.72. The van der Waals surface area contributed by atoms with Crippen LogP contribution >= 0.6 is 0 Å². The Morgan fingerprint density at radius 2 is 1.64 bits per heavy atom. The molecule has 2 aromatic carbocycles. The van der Waals surface area contributed by atoms with E-state index in [1.54, 1.807) is 12.1 Å². The maximum Gasteiger partial charge on any atom is 0.328 e. The predicted molar refractivity (Wildman–Crippen MR) is 103 cm³/mol. The van der Waals surface area contributed by atoms with Crippen LogP contribution in [-0.2, 0) is 27.3 Å². The van der Waals surface area contributed by atoms with E-state index in [1.165, 1.54) is 12.1 Å². The number of hydrogen-bond donors (Lipinski definition) is 2. The lowest BCUT2D eigenvalue weighted by Crippen LogP contribution is -2.35. The van der Waals surface area contributed by atoms with E-state index in [0.717, 1.165) is 10.2 Å². The van der Waals surface area contributed by atoms with Gasteiger partial charge in [0.05, 0.1) is 10.8 Å². The standard InChI is InChI=1S/C20H19N3O5/c24-17(21-11-10-14-6-2-1-3-7-14)13-28-18(25)12-23-20(27)16-9-5-4-8-15(16)19(26)22-23/h1-9H,10-13H2,(H,21,24)(H,22,26). The number of hydrogen-bond acceptors (Lipinski definition) is 5. The Hall–Kier alpha value is -3.68. The van der Waals surface area contributed by atoms with Crippen molar-refractivity contribution in [1.82, 2.24) is 15.1 Å². The van der Waals surface area contributed by atoms with Gasteiger partial charge in [-0.05, 0) is 24.1 Å². The molecule has 0 aliphatic carbocycles. The van der Waals surface area contributed by atoms with Gasteiger partial charge in [-0.3, -0.25) is 24.3 Å². The van der Waals surface area contributed by atoms with Gasteiger partial charge in [0.15, 0.2) is 6.61 Å². The molecule has 1 heterocycles. The van der Waals surface area contributed by atoms with Crippen molar-refractivity contribution in [2.45, 2.75) is 13.0 Å². The summed E-state index contributed by atoms with van der Waals surface area (Å²) in [5.74, 6) is -1.24. The van der Waals surface area contributed by atoms with E-state index in [1.807, 2.05) is 30.3 Å². The molecule has 0 aliphatic rings. The number of amides is 1. The second kappa shape index (κ2) is 8.81. The molecule has 8 nitrogen and oxygen atoms in total. The Bertz CT molecular complexity index is 1100. The molecule has 0 spiro atoms. The molecule has 0 aliphatic heterocycles. The molecule has 0 unspecified atom stereocenters. The van der Waals surface area contributed by atoms with Gasteiger partial charge in [0.25, 0.3) is 17.0 Å². The molecule has 0 bridgehead atoms. The molecular formula is C20H19N3O5. The highest BCUT2D eigenvalue weighted by molar-refractivity contribution is 5.81. The number of nitrogens with one attached hydrogen (secondary N) is 2. The molecule has 28 heavy (non-hydrogen) atoms. The number of benzene rings is 2. The first-order chi connectivity index (χ1) is 13.5. The monoisotopic (exact) mass is 381 g/mol. The highest BCUT2D eigenvalue weighted by Gasteiger charge is 2.12. The minimum Gasteiger partial charge on any atom is -0.454 e. The van der Waals surface area contributed by atoms with Gasteiger partial charge in [-0.25, -0.2) is 4.68 Å². The van der Waals surface area contributed by atoms with Crippen molar-refractivity contribution in [3.8, 4) is 0 Å². The van der Waals surface area contributed by atoms with Crippen molar-refractivity contribution in [2.24, 2.45) is 0 Å². The molecule has 0 radical (unpaired) electrons. The van der Waals surface area contributed by atoms with Crippen LogP contribution in [0.3, 0.4) is 0 Å². The highest BCUT2D eigenvalue weighted by atomic mass is 16.5. The molecule has 1 amide bonds. The number of aromatic amines is 1. The summed E-state index contributed by atoms with van der Waals surface area (Å²) >= 11 is 0. The van der Waals surface area contributed by atoms with E-state index in [0.29, 0.717) is 13.0 Å². The maximum atomic E-state index is 12.3. The first-order valence-electron chi connectivity index (χ1n) is 8.72. The van der Waals surface area contributed by atoms with Crippen LogP contribution < -0.4 is 16.4 Å². The number of rotatable bonds is 7.